The lowest BCUT2D eigenvalue weighted by atomic mass is 10.2. The van der Waals surface area contributed by atoms with Gasteiger partial charge in [0, 0.05) is 36.9 Å². The minimum absolute atomic E-state index is 1.12. The van der Waals surface area contributed by atoms with Gasteiger partial charge in [0.2, 0.25) is 0 Å². The van der Waals surface area contributed by atoms with E-state index in [1.165, 1.54) is 50.2 Å². The zero-order valence-electron chi connectivity index (χ0n) is 12.7. The molecule has 0 atom stereocenters. The summed E-state index contributed by atoms with van der Waals surface area (Å²) in [7, 11) is 0. The molecule has 0 aromatic carbocycles. The van der Waals surface area contributed by atoms with E-state index in [2.05, 4.69) is 49.9 Å². The molecular weight excluding hydrogens is 220 g/mol. The second-order valence-electron chi connectivity index (χ2n) is 5.04. The molecule has 0 aromatic rings. The Bertz CT molecular complexity index is 261. The summed E-state index contributed by atoms with van der Waals surface area (Å²) in [6.07, 6.45) is 12.1. The average molecular weight is 250 g/mol. The fourth-order valence-corrected chi connectivity index (χ4v) is 2.34. The minimum atomic E-state index is 1.12. The van der Waals surface area contributed by atoms with E-state index in [0.717, 1.165) is 12.8 Å². The highest BCUT2D eigenvalue weighted by molar-refractivity contribution is 5.18. The SMILES string of the molecule is CCCCN1C=C(CC)N(CCCC)C=C1CC. The molecular formula is C16H30N2. The Hall–Kier alpha value is -0.920. The predicted molar refractivity (Wildman–Crippen MR) is 80.0 cm³/mol. The standard InChI is InChI=1S/C16H30N2/c1-5-9-11-17-13-16(8-4)18(12-10-6-2)14-15(17)7-3/h13-14H,5-12H2,1-4H3. The summed E-state index contributed by atoms with van der Waals surface area (Å²) in [5.41, 5.74) is 2.94. The monoisotopic (exact) mass is 250 g/mol. The van der Waals surface area contributed by atoms with Crippen LogP contribution in [0.3, 0.4) is 0 Å². The summed E-state index contributed by atoms with van der Waals surface area (Å²) >= 11 is 0. The molecule has 1 rings (SSSR count). The summed E-state index contributed by atoms with van der Waals surface area (Å²) in [6.45, 7) is 11.4. The van der Waals surface area contributed by atoms with Crippen LogP contribution in [-0.2, 0) is 0 Å². The molecule has 1 aliphatic heterocycles. The van der Waals surface area contributed by atoms with E-state index in [9.17, 15) is 0 Å². The van der Waals surface area contributed by atoms with Crippen molar-refractivity contribution in [1.29, 1.82) is 0 Å². The smallest absolute Gasteiger partial charge is 0.0335 e. The van der Waals surface area contributed by atoms with Crippen LogP contribution < -0.4 is 0 Å². The van der Waals surface area contributed by atoms with Gasteiger partial charge in [-0.25, -0.2) is 0 Å². The Kier molecular flexibility index (Phi) is 6.92. The molecule has 0 aromatic heterocycles. The van der Waals surface area contributed by atoms with E-state index < -0.39 is 0 Å². The highest BCUT2D eigenvalue weighted by atomic mass is 15.2. The Labute approximate surface area is 113 Å². The molecule has 2 heteroatoms. The topological polar surface area (TPSA) is 6.48 Å². The molecule has 18 heavy (non-hydrogen) atoms. The van der Waals surface area contributed by atoms with E-state index in [1.807, 2.05) is 0 Å². The van der Waals surface area contributed by atoms with Gasteiger partial charge in [-0.2, -0.15) is 0 Å². The molecule has 2 nitrogen and oxygen atoms in total. The third kappa shape index (κ3) is 4.08. The van der Waals surface area contributed by atoms with Crippen LogP contribution in [0.4, 0.5) is 0 Å². The lowest BCUT2D eigenvalue weighted by Crippen LogP contribution is -2.30. The summed E-state index contributed by atoms with van der Waals surface area (Å²) in [5.74, 6) is 0. The van der Waals surface area contributed by atoms with Crippen LogP contribution in [0.5, 0.6) is 0 Å². The number of rotatable bonds is 8. The number of allylic oxidation sites excluding steroid dienone is 2. The lowest BCUT2D eigenvalue weighted by Gasteiger charge is -2.35. The Morgan fingerprint density at radius 2 is 1.11 bits per heavy atom. The fraction of sp³-hybridized carbons (Fsp3) is 0.750. The predicted octanol–water partition coefficient (Wildman–Crippen LogP) is 4.71. The molecule has 0 unspecified atom stereocenters. The minimum Gasteiger partial charge on any atom is -0.348 e. The van der Waals surface area contributed by atoms with E-state index in [4.69, 9.17) is 0 Å². The Morgan fingerprint density at radius 1 is 0.722 bits per heavy atom. The fourth-order valence-electron chi connectivity index (χ4n) is 2.34. The highest BCUT2D eigenvalue weighted by Gasteiger charge is 2.16. The van der Waals surface area contributed by atoms with Crippen molar-refractivity contribution in [3.8, 4) is 0 Å². The maximum atomic E-state index is 2.46. The first-order valence-corrected chi connectivity index (χ1v) is 7.71. The molecule has 1 heterocycles. The van der Waals surface area contributed by atoms with Gasteiger partial charge in [-0.05, 0) is 25.7 Å². The van der Waals surface area contributed by atoms with Crippen molar-refractivity contribution >= 4 is 0 Å². The van der Waals surface area contributed by atoms with Gasteiger partial charge < -0.3 is 9.80 Å². The largest absolute Gasteiger partial charge is 0.348 e. The first kappa shape index (κ1) is 15.1. The third-order valence-corrected chi connectivity index (χ3v) is 3.58. The zero-order valence-corrected chi connectivity index (χ0v) is 12.7. The zero-order chi connectivity index (χ0) is 13.4. The van der Waals surface area contributed by atoms with Crippen molar-refractivity contribution in [3.05, 3.63) is 23.8 Å². The highest BCUT2D eigenvalue weighted by Crippen LogP contribution is 2.24. The van der Waals surface area contributed by atoms with Crippen LogP contribution in [0.15, 0.2) is 23.8 Å². The number of hydrogen-bond acceptors (Lipinski definition) is 2. The first-order chi connectivity index (χ1) is 8.76. The second kappa shape index (κ2) is 8.23. The molecule has 0 amide bonds. The number of nitrogens with zero attached hydrogens (tertiary/aromatic N) is 2. The Balaban J connectivity index is 2.74. The molecule has 0 radical (unpaired) electrons. The van der Waals surface area contributed by atoms with Crippen molar-refractivity contribution in [2.24, 2.45) is 0 Å². The molecule has 0 saturated carbocycles. The van der Waals surface area contributed by atoms with Crippen LogP contribution in [0, 0.1) is 0 Å². The molecule has 0 aliphatic carbocycles. The van der Waals surface area contributed by atoms with Crippen molar-refractivity contribution in [3.63, 3.8) is 0 Å². The van der Waals surface area contributed by atoms with Gasteiger partial charge in [0.05, 0.1) is 0 Å². The van der Waals surface area contributed by atoms with Crippen LogP contribution in [0.25, 0.3) is 0 Å². The molecule has 0 fully saturated rings. The van der Waals surface area contributed by atoms with Crippen molar-refractivity contribution < 1.29 is 0 Å². The molecule has 0 N–H and O–H groups in total. The van der Waals surface area contributed by atoms with Crippen molar-refractivity contribution in [1.82, 2.24) is 9.80 Å². The van der Waals surface area contributed by atoms with Crippen LogP contribution in [0.1, 0.15) is 66.2 Å². The van der Waals surface area contributed by atoms with E-state index >= 15 is 0 Å². The second-order valence-corrected chi connectivity index (χ2v) is 5.04. The molecule has 104 valence electrons. The van der Waals surface area contributed by atoms with Gasteiger partial charge in [0.15, 0.2) is 0 Å². The number of hydrogen-bond donors (Lipinski definition) is 0. The van der Waals surface area contributed by atoms with Gasteiger partial charge >= 0.3 is 0 Å². The third-order valence-electron chi connectivity index (χ3n) is 3.58. The summed E-state index contributed by atoms with van der Waals surface area (Å²) < 4.78 is 0. The molecule has 0 bridgehead atoms. The lowest BCUT2D eigenvalue weighted by molar-refractivity contribution is 0.344. The van der Waals surface area contributed by atoms with Crippen LogP contribution in [-0.4, -0.2) is 22.9 Å². The molecule has 1 aliphatic rings. The normalized spacial score (nSPS) is 15.8. The maximum absolute atomic E-state index is 2.46. The van der Waals surface area contributed by atoms with Gasteiger partial charge in [-0.3, -0.25) is 0 Å². The van der Waals surface area contributed by atoms with Gasteiger partial charge in [0.25, 0.3) is 0 Å². The van der Waals surface area contributed by atoms with Crippen molar-refractivity contribution in [2.75, 3.05) is 13.1 Å². The van der Waals surface area contributed by atoms with E-state index in [0.29, 0.717) is 0 Å². The molecule has 0 saturated heterocycles. The van der Waals surface area contributed by atoms with Crippen molar-refractivity contribution in [2.45, 2.75) is 66.2 Å². The maximum Gasteiger partial charge on any atom is 0.0335 e. The summed E-state index contributed by atoms with van der Waals surface area (Å²) in [6, 6.07) is 0. The van der Waals surface area contributed by atoms with E-state index in [-0.39, 0.29) is 0 Å². The van der Waals surface area contributed by atoms with Gasteiger partial charge in [-0.1, -0.05) is 40.5 Å². The summed E-state index contributed by atoms with van der Waals surface area (Å²) in [5, 5.41) is 0. The Morgan fingerprint density at radius 3 is 1.39 bits per heavy atom. The van der Waals surface area contributed by atoms with E-state index in [1.54, 1.807) is 0 Å². The number of unbranched alkanes of at least 4 members (excludes halogenated alkanes) is 2. The summed E-state index contributed by atoms with van der Waals surface area (Å²) in [4.78, 5) is 4.93. The average Bonchev–Trinajstić information content (AvgIpc) is 2.42. The first-order valence-electron chi connectivity index (χ1n) is 7.71. The molecule has 0 spiro atoms. The van der Waals surface area contributed by atoms with Crippen LogP contribution >= 0.6 is 0 Å². The van der Waals surface area contributed by atoms with Crippen LogP contribution in [0.2, 0.25) is 0 Å². The quantitative estimate of drug-likeness (QED) is 0.615. The van der Waals surface area contributed by atoms with Gasteiger partial charge in [-0.15, -0.1) is 0 Å². The van der Waals surface area contributed by atoms with Gasteiger partial charge in [0.1, 0.15) is 0 Å².